The van der Waals surface area contributed by atoms with Crippen molar-refractivity contribution in [2.24, 2.45) is 11.8 Å². The Bertz CT molecular complexity index is 718. The Morgan fingerprint density at radius 3 is 2.46 bits per heavy atom. The minimum atomic E-state index is -0.479. The average molecular weight is 387 g/mol. The number of carbonyl (C=O) groups is 2. The molecule has 0 spiro atoms. The van der Waals surface area contributed by atoms with E-state index in [1.165, 1.54) is 31.4 Å². The van der Waals surface area contributed by atoms with Crippen LogP contribution in [0.2, 0.25) is 0 Å². The molecule has 5 nitrogen and oxygen atoms in total. The van der Waals surface area contributed by atoms with Gasteiger partial charge < -0.3 is 16.0 Å². The number of halogens is 1. The number of carbonyl (C=O) groups excluding carboxylic acids is 2. The Morgan fingerprint density at radius 2 is 1.68 bits per heavy atom. The molecule has 1 heterocycles. The molecule has 4 rings (SSSR count). The van der Waals surface area contributed by atoms with E-state index in [-0.39, 0.29) is 29.5 Å². The van der Waals surface area contributed by atoms with E-state index in [4.69, 9.17) is 0 Å². The van der Waals surface area contributed by atoms with E-state index in [2.05, 4.69) is 16.0 Å². The van der Waals surface area contributed by atoms with Crippen molar-refractivity contribution >= 4 is 23.2 Å². The first-order valence-electron chi connectivity index (χ1n) is 10.8. The van der Waals surface area contributed by atoms with Crippen molar-refractivity contribution in [3.8, 4) is 0 Å². The highest BCUT2D eigenvalue weighted by atomic mass is 19.1. The molecule has 28 heavy (non-hydrogen) atoms. The molecule has 3 atom stereocenters. The molecule has 152 valence electrons. The second kappa shape index (κ2) is 8.60. The van der Waals surface area contributed by atoms with E-state index in [0.29, 0.717) is 17.6 Å². The summed E-state index contributed by atoms with van der Waals surface area (Å²) in [6.07, 6.45) is 10.7. The summed E-state index contributed by atoms with van der Waals surface area (Å²) in [5, 5.41) is 9.08. The van der Waals surface area contributed by atoms with E-state index >= 15 is 0 Å². The summed E-state index contributed by atoms with van der Waals surface area (Å²) < 4.78 is 14.2. The summed E-state index contributed by atoms with van der Waals surface area (Å²) in [5.41, 5.74) is 0.656. The highest BCUT2D eigenvalue weighted by molar-refractivity contribution is 5.97. The quantitative estimate of drug-likeness (QED) is 0.725. The van der Waals surface area contributed by atoms with Gasteiger partial charge in [0.15, 0.2) is 0 Å². The van der Waals surface area contributed by atoms with E-state index in [0.717, 1.165) is 44.9 Å². The first-order valence-corrected chi connectivity index (χ1v) is 10.8. The molecule has 2 amide bonds. The van der Waals surface area contributed by atoms with Crippen molar-refractivity contribution in [1.82, 2.24) is 5.32 Å². The first kappa shape index (κ1) is 19.4. The predicted molar refractivity (Wildman–Crippen MR) is 108 cm³/mol. The molecule has 1 aromatic carbocycles. The number of hydrogen-bond acceptors (Lipinski definition) is 3. The van der Waals surface area contributed by atoms with Gasteiger partial charge in [0.2, 0.25) is 11.8 Å². The molecule has 3 aliphatic rings. The highest BCUT2D eigenvalue weighted by Crippen LogP contribution is 2.33. The number of fused-ring (bicyclic) bond motifs is 1. The number of rotatable bonds is 4. The smallest absolute Gasteiger partial charge is 0.241 e. The topological polar surface area (TPSA) is 70.2 Å². The second-order valence-electron chi connectivity index (χ2n) is 8.61. The minimum absolute atomic E-state index is 0.0440. The lowest BCUT2D eigenvalue weighted by Crippen LogP contribution is -2.39. The molecule has 2 saturated carbocycles. The summed E-state index contributed by atoms with van der Waals surface area (Å²) in [7, 11) is 0. The maximum absolute atomic E-state index is 14.2. The molecule has 0 aromatic heterocycles. The number of anilines is 2. The van der Waals surface area contributed by atoms with Crippen LogP contribution in [0.1, 0.15) is 64.2 Å². The van der Waals surface area contributed by atoms with Gasteiger partial charge in [0.1, 0.15) is 5.82 Å². The monoisotopic (exact) mass is 387 g/mol. The van der Waals surface area contributed by atoms with Crippen molar-refractivity contribution in [2.45, 2.75) is 76.3 Å². The van der Waals surface area contributed by atoms with Crippen molar-refractivity contribution in [3.63, 3.8) is 0 Å². The fraction of sp³-hybridized carbons (Fsp3) is 0.636. The lowest BCUT2D eigenvalue weighted by molar-refractivity contribution is -0.120. The normalized spacial score (nSPS) is 27.8. The van der Waals surface area contributed by atoms with Gasteiger partial charge in [0.25, 0.3) is 0 Å². The van der Waals surface area contributed by atoms with Crippen LogP contribution < -0.4 is 16.0 Å². The van der Waals surface area contributed by atoms with Crippen LogP contribution >= 0.6 is 0 Å². The van der Waals surface area contributed by atoms with Crippen molar-refractivity contribution in [1.29, 1.82) is 0 Å². The second-order valence-corrected chi connectivity index (χ2v) is 8.61. The van der Waals surface area contributed by atoms with Crippen LogP contribution in [0.4, 0.5) is 15.8 Å². The fourth-order valence-corrected chi connectivity index (χ4v) is 5.05. The largest absolute Gasteiger partial charge is 0.325 e. The number of nitrogens with one attached hydrogen (secondary N) is 3. The molecule has 3 unspecified atom stereocenters. The molecule has 0 bridgehead atoms. The van der Waals surface area contributed by atoms with Gasteiger partial charge >= 0.3 is 0 Å². The predicted octanol–water partition coefficient (Wildman–Crippen LogP) is 4.20. The minimum Gasteiger partial charge on any atom is -0.325 e. The summed E-state index contributed by atoms with van der Waals surface area (Å²) >= 11 is 0. The van der Waals surface area contributed by atoms with Crippen LogP contribution in [0.25, 0.3) is 0 Å². The third-order valence-electron chi connectivity index (χ3n) is 6.65. The van der Waals surface area contributed by atoms with Crippen molar-refractivity contribution in [2.75, 3.05) is 10.6 Å². The zero-order valence-corrected chi connectivity index (χ0v) is 16.3. The van der Waals surface area contributed by atoms with E-state index in [1.807, 2.05) is 0 Å². The van der Waals surface area contributed by atoms with Gasteiger partial charge in [0.05, 0.1) is 11.7 Å². The molecule has 2 aliphatic carbocycles. The first-order chi connectivity index (χ1) is 13.6. The molecule has 3 N–H and O–H groups in total. The van der Waals surface area contributed by atoms with Crippen LogP contribution in [0.5, 0.6) is 0 Å². The van der Waals surface area contributed by atoms with Gasteiger partial charge in [-0.15, -0.1) is 0 Å². The highest BCUT2D eigenvalue weighted by Gasteiger charge is 2.38. The Balaban J connectivity index is 1.38. The molecule has 0 radical (unpaired) electrons. The van der Waals surface area contributed by atoms with E-state index in [9.17, 15) is 14.0 Å². The van der Waals surface area contributed by atoms with Crippen LogP contribution in [0.15, 0.2) is 18.2 Å². The third-order valence-corrected chi connectivity index (χ3v) is 6.65. The lowest BCUT2D eigenvalue weighted by Gasteiger charge is -2.24. The van der Waals surface area contributed by atoms with E-state index < -0.39 is 5.82 Å². The Labute approximate surface area is 165 Å². The SMILES string of the molecule is O=C(Nc1cc(NC(=O)C2CC3CCCCC3N2)ccc1F)C1CCCCC1. The standard InChI is InChI=1S/C22H30FN3O2/c23-17-11-10-16(13-19(17)26-21(27)14-6-2-1-3-7-14)24-22(28)20-12-15-8-4-5-9-18(15)25-20/h10-11,13-15,18,20,25H,1-9,12H2,(H,24,28)(H,26,27). The van der Waals surface area contributed by atoms with E-state index in [1.54, 1.807) is 6.07 Å². The number of benzene rings is 1. The van der Waals surface area contributed by atoms with Gasteiger partial charge in [-0.1, -0.05) is 32.1 Å². The maximum Gasteiger partial charge on any atom is 0.241 e. The molecular formula is C22H30FN3O2. The maximum atomic E-state index is 14.2. The van der Waals surface area contributed by atoms with Crippen LogP contribution in [-0.2, 0) is 9.59 Å². The molecular weight excluding hydrogens is 357 g/mol. The number of amides is 2. The molecule has 1 aliphatic heterocycles. The number of hydrogen-bond donors (Lipinski definition) is 3. The summed E-state index contributed by atoms with van der Waals surface area (Å²) in [5.74, 6) is -0.137. The molecule has 1 saturated heterocycles. The van der Waals surface area contributed by atoms with Gasteiger partial charge in [0, 0.05) is 17.6 Å². The third kappa shape index (κ3) is 4.37. The molecule has 3 fully saturated rings. The summed E-state index contributed by atoms with van der Waals surface area (Å²) in [6, 6.07) is 4.62. The van der Waals surface area contributed by atoms with Gasteiger partial charge in [-0.25, -0.2) is 4.39 Å². The summed E-state index contributed by atoms with van der Waals surface area (Å²) in [4.78, 5) is 25.1. The lowest BCUT2D eigenvalue weighted by atomic mass is 9.85. The van der Waals surface area contributed by atoms with Crippen molar-refractivity contribution in [3.05, 3.63) is 24.0 Å². The van der Waals surface area contributed by atoms with Crippen LogP contribution in [0.3, 0.4) is 0 Å². The van der Waals surface area contributed by atoms with Crippen molar-refractivity contribution < 1.29 is 14.0 Å². The Morgan fingerprint density at radius 1 is 0.929 bits per heavy atom. The molecule has 1 aromatic rings. The molecule has 6 heteroatoms. The summed E-state index contributed by atoms with van der Waals surface area (Å²) in [6.45, 7) is 0. The Hall–Kier alpha value is -1.95. The van der Waals surface area contributed by atoms with Gasteiger partial charge in [-0.05, 0) is 56.2 Å². The average Bonchev–Trinajstić information content (AvgIpc) is 3.15. The zero-order chi connectivity index (χ0) is 19.5. The Kier molecular flexibility index (Phi) is 5.95. The van der Waals surface area contributed by atoms with Gasteiger partial charge in [-0.2, -0.15) is 0 Å². The van der Waals surface area contributed by atoms with Gasteiger partial charge in [-0.3, -0.25) is 9.59 Å². The fourth-order valence-electron chi connectivity index (χ4n) is 5.05. The van der Waals surface area contributed by atoms with Crippen LogP contribution in [0, 0.1) is 17.7 Å². The van der Waals surface area contributed by atoms with Crippen LogP contribution in [-0.4, -0.2) is 23.9 Å². The zero-order valence-electron chi connectivity index (χ0n) is 16.3.